The number of halogens is 3. The van der Waals surface area contributed by atoms with Crippen molar-refractivity contribution >= 4 is 11.7 Å². The van der Waals surface area contributed by atoms with Crippen LogP contribution in [0.1, 0.15) is 6.92 Å². The molecule has 0 radical (unpaired) electrons. The minimum absolute atomic E-state index is 0.213. The van der Waals surface area contributed by atoms with Gasteiger partial charge in [-0.2, -0.15) is 13.2 Å². The zero-order valence-corrected chi connectivity index (χ0v) is 7.22. The number of Topliss-reactive ketones (excluding diaryl/α,β-unsaturated/α-hetero) is 1. The highest BCUT2D eigenvalue weighted by Gasteiger charge is 2.42. The molecule has 1 aliphatic rings. The summed E-state index contributed by atoms with van der Waals surface area (Å²) in [6.07, 6.45) is -5.61. The first-order chi connectivity index (χ1) is 6.32. The summed E-state index contributed by atoms with van der Waals surface area (Å²) in [5.74, 6) is -2.65. The third kappa shape index (κ3) is 2.69. The standard InChI is InChI=1S/C7H8F3NO3/c1-3(5(12)4-2-14-4)11-6(13)7(8,9)10/h3-4H,2H2,1H3,(H,11,13)/t3-,4?/m0/s1. The van der Waals surface area contributed by atoms with Gasteiger partial charge in [0.1, 0.15) is 6.10 Å². The van der Waals surface area contributed by atoms with Gasteiger partial charge in [-0.05, 0) is 6.92 Å². The molecule has 1 amide bonds. The molecule has 1 fully saturated rings. The fraction of sp³-hybridized carbons (Fsp3) is 0.714. The number of hydrogen-bond donors (Lipinski definition) is 1. The summed E-state index contributed by atoms with van der Waals surface area (Å²) >= 11 is 0. The summed E-state index contributed by atoms with van der Waals surface area (Å²) < 4.78 is 39.8. The van der Waals surface area contributed by atoms with Crippen LogP contribution < -0.4 is 5.32 Å². The molecule has 1 saturated heterocycles. The monoisotopic (exact) mass is 211 g/mol. The maximum absolute atomic E-state index is 11.7. The van der Waals surface area contributed by atoms with Crippen molar-refractivity contribution in [2.75, 3.05) is 6.61 Å². The van der Waals surface area contributed by atoms with E-state index in [1.165, 1.54) is 6.92 Å². The molecular formula is C7H8F3NO3. The zero-order chi connectivity index (χ0) is 10.9. The second-order valence-corrected chi connectivity index (χ2v) is 2.92. The lowest BCUT2D eigenvalue weighted by atomic mass is 10.1. The van der Waals surface area contributed by atoms with Crippen molar-refractivity contribution in [3.05, 3.63) is 0 Å². The molecule has 0 aromatic carbocycles. The van der Waals surface area contributed by atoms with Crippen LogP contribution in [-0.4, -0.2) is 36.6 Å². The van der Waals surface area contributed by atoms with Gasteiger partial charge in [0, 0.05) is 0 Å². The Bertz CT molecular complexity index is 259. The predicted molar refractivity (Wildman–Crippen MR) is 38.4 cm³/mol. The number of ketones is 1. The molecule has 0 aromatic heterocycles. The van der Waals surface area contributed by atoms with Crippen LogP contribution >= 0.6 is 0 Å². The summed E-state index contributed by atoms with van der Waals surface area (Å²) in [7, 11) is 0. The highest BCUT2D eigenvalue weighted by molar-refractivity contribution is 5.94. The number of carbonyl (C=O) groups excluding carboxylic acids is 2. The topological polar surface area (TPSA) is 58.7 Å². The smallest absolute Gasteiger partial charge is 0.365 e. The van der Waals surface area contributed by atoms with E-state index in [-0.39, 0.29) is 6.61 Å². The quantitative estimate of drug-likeness (QED) is 0.669. The van der Waals surface area contributed by atoms with Crippen molar-refractivity contribution < 1.29 is 27.5 Å². The molecule has 0 aliphatic carbocycles. The molecular weight excluding hydrogens is 203 g/mol. The molecule has 7 heteroatoms. The number of rotatable bonds is 3. The lowest BCUT2D eigenvalue weighted by molar-refractivity contribution is -0.174. The first-order valence-electron chi connectivity index (χ1n) is 3.85. The molecule has 1 N–H and O–H groups in total. The van der Waals surface area contributed by atoms with Crippen molar-refractivity contribution in [3.8, 4) is 0 Å². The molecule has 80 valence electrons. The van der Waals surface area contributed by atoms with Gasteiger partial charge in [0.2, 0.25) is 0 Å². The maximum Gasteiger partial charge on any atom is 0.471 e. The van der Waals surface area contributed by atoms with Crippen molar-refractivity contribution in [3.63, 3.8) is 0 Å². The highest BCUT2D eigenvalue weighted by atomic mass is 19.4. The molecule has 1 rings (SSSR count). The lowest BCUT2D eigenvalue weighted by Gasteiger charge is -2.12. The minimum Gasteiger partial charge on any atom is -0.365 e. The van der Waals surface area contributed by atoms with Crippen molar-refractivity contribution in [2.45, 2.75) is 25.2 Å². The van der Waals surface area contributed by atoms with E-state index in [0.717, 1.165) is 0 Å². The first-order valence-corrected chi connectivity index (χ1v) is 3.85. The van der Waals surface area contributed by atoms with Gasteiger partial charge in [-0.3, -0.25) is 9.59 Å². The third-order valence-electron chi connectivity index (χ3n) is 1.68. The van der Waals surface area contributed by atoms with Crippen molar-refractivity contribution in [1.82, 2.24) is 5.32 Å². The van der Waals surface area contributed by atoms with Crippen LogP contribution in [0, 0.1) is 0 Å². The minimum atomic E-state index is -4.96. The second-order valence-electron chi connectivity index (χ2n) is 2.92. The number of nitrogens with one attached hydrogen (secondary N) is 1. The summed E-state index contributed by atoms with van der Waals surface area (Å²) in [4.78, 5) is 21.5. The van der Waals surface area contributed by atoms with Gasteiger partial charge in [0.05, 0.1) is 12.6 Å². The van der Waals surface area contributed by atoms with E-state index in [0.29, 0.717) is 0 Å². The molecule has 0 saturated carbocycles. The molecule has 1 aliphatic heterocycles. The van der Waals surface area contributed by atoms with Gasteiger partial charge in [0.25, 0.3) is 0 Å². The molecule has 0 bridgehead atoms. The van der Waals surface area contributed by atoms with Crippen molar-refractivity contribution in [2.24, 2.45) is 0 Å². The van der Waals surface area contributed by atoms with Gasteiger partial charge in [-0.15, -0.1) is 0 Å². The second kappa shape index (κ2) is 3.56. The normalized spacial score (nSPS) is 22.7. The number of carbonyl (C=O) groups is 2. The van der Waals surface area contributed by atoms with E-state index < -0.39 is 30.0 Å². The first kappa shape index (κ1) is 11.0. The van der Waals surface area contributed by atoms with Gasteiger partial charge < -0.3 is 10.1 Å². The van der Waals surface area contributed by atoms with Gasteiger partial charge in [-0.25, -0.2) is 0 Å². The number of amides is 1. The summed E-state index contributed by atoms with van der Waals surface area (Å²) in [5, 5.41) is 1.55. The fourth-order valence-corrected chi connectivity index (χ4v) is 0.841. The van der Waals surface area contributed by atoms with Crippen LogP contribution in [0.25, 0.3) is 0 Å². The molecule has 0 aromatic rings. The van der Waals surface area contributed by atoms with Gasteiger partial charge >= 0.3 is 12.1 Å². The molecule has 2 atom stereocenters. The van der Waals surface area contributed by atoms with Crippen LogP contribution in [-0.2, 0) is 14.3 Å². The van der Waals surface area contributed by atoms with Crippen LogP contribution in [0.5, 0.6) is 0 Å². The Morgan fingerprint density at radius 2 is 2.00 bits per heavy atom. The summed E-state index contributed by atoms with van der Waals surface area (Å²) in [6, 6.07) is -1.17. The molecule has 1 heterocycles. The van der Waals surface area contributed by atoms with Gasteiger partial charge in [0.15, 0.2) is 5.78 Å². The molecule has 14 heavy (non-hydrogen) atoms. The number of epoxide rings is 1. The van der Waals surface area contributed by atoms with E-state index >= 15 is 0 Å². The van der Waals surface area contributed by atoms with Crippen LogP contribution in [0.2, 0.25) is 0 Å². The Kier molecular flexibility index (Phi) is 2.79. The Morgan fingerprint density at radius 3 is 2.36 bits per heavy atom. The summed E-state index contributed by atoms with van der Waals surface area (Å²) in [6.45, 7) is 1.40. The van der Waals surface area contributed by atoms with Gasteiger partial charge in [-0.1, -0.05) is 0 Å². The summed E-state index contributed by atoms with van der Waals surface area (Å²) in [5.41, 5.74) is 0. The van der Waals surface area contributed by atoms with E-state index in [1.54, 1.807) is 5.32 Å². The van der Waals surface area contributed by atoms with Crippen molar-refractivity contribution in [1.29, 1.82) is 0 Å². The average molecular weight is 211 g/mol. The largest absolute Gasteiger partial charge is 0.471 e. The Balaban J connectivity index is 2.43. The average Bonchev–Trinajstić information content (AvgIpc) is 2.83. The fourth-order valence-electron chi connectivity index (χ4n) is 0.841. The highest BCUT2D eigenvalue weighted by Crippen LogP contribution is 2.16. The van der Waals surface area contributed by atoms with E-state index in [2.05, 4.69) is 4.74 Å². The van der Waals surface area contributed by atoms with Crippen LogP contribution in [0.15, 0.2) is 0 Å². The van der Waals surface area contributed by atoms with Crippen LogP contribution in [0.3, 0.4) is 0 Å². The zero-order valence-electron chi connectivity index (χ0n) is 7.22. The molecule has 1 unspecified atom stereocenters. The van der Waals surface area contributed by atoms with Crippen LogP contribution in [0.4, 0.5) is 13.2 Å². The Morgan fingerprint density at radius 1 is 1.50 bits per heavy atom. The number of ether oxygens (including phenoxy) is 1. The Hall–Kier alpha value is -1.11. The van der Waals surface area contributed by atoms with E-state index in [4.69, 9.17) is 0 Å². The lowest BCUT2D eigenvalue weighted by Crippen LogP contribution is -2.46. The number of hydrogen-bond acceptors (Lipinski definition) is 3. The molecule has 4 nitrogen and oxygen atoms in total. The third-order valence-corrected chi connectivity index (χ3v) is 1.68. The SMILES string of the molecule is C[C@H](NC(=O)C(F)(F)F)C(=O)C1CO1. The van der Waals surface area contributed by atoms with E-state index in [9.17, 15) is 22.8 Å². The molecule has 0 spiro atoms. The van der Waals surface area contributed by atoms with E-state index in [1.807, 2.05) is 0 Å². The number of alkyl halides is 3. The predicted octanol–water partition coefficient (Wildman–Crippen LogP) is 0.0213. The Labute approximate surface area is 77.4 Å². The maximum atomic E-state index is 11.7.